The first-order valence-corrected chi connectivity index (χ1v) is 5.20. The largest absolute Gasteiger partial charge is 0.383 e. The Bertz CT molecular complexity index is 791. The van der Waals surface area contributed by atoms with Crippen LogP contribution in [0.25, 0.3) is 21.7 Å². The zero-order valence-electron chi connectivity index (χ0n) is 9.19. The highest BCUT2D eigenvalue weighted by Crippen LogP contribution is 2.24. The zero-order chi connectivity index (χ0) is 12.0. The Labute approximate surface area is 96.3 Å². The molecule has 3 rings (SSSR count). The molecule has 0 aliphatic rings. The van der Waals surface area contributed by atoms with Crippen LogP contribution in [0.4, 0.5) is 5.82 Å². The molecule has 0 atom stereocenters. The van der Waals surface area contributed by atoms with E-state index in [0.717, 1.165) is 10.8 Å². The zero-order valence-corrected chi connectivity index (χ0v) is 9.19. The minimum absolute atomic E-state index is 0.149. The Morgan fingerprint density at radius 1 is 1.24 bits per heavy atom. The topological polar surface area (TPSA) is 84.7 Å². The van der Waals surface area contributed by atoms with E-state index in [2.05, 4.69) is 15.0 Å². The second kappa shape index (κ2) is 3.28. The van der Waals surface area contributed by atoms with Crippen LogP contribution >= 0.6 is 0 Å². The van der Waals surface area contributed by atoms with Crippen molar-refractivity contribution < 1.29 is 0 Å². The predicted molar refractivity (Wildman–Crippen MR) is 66.8 cm³/mol. The van der Waals surface area contributed by atoms with Crippen molar-refractivity contribution in [2.45, 2.75) is 6.92 Å². The summed E-state index contributed by atoms with van der Waals surface area (Å²) in [5.41, 5.74) is 6.30. The molecule has 0 fully saturated rings. The number of anilines is 1. The van der Waals surface area contributed by atoms with E-state index in [1.54, 1.807) is 25.3 Å². The fourth-order valence-corrected chi connectivity index (χ4v) is 2.03. The molecule has 17 heavy (non-hydrogen) atoms. The van der Waals surface area contributed by atoms with Gasteiger partial charge >= 0.3 is 0 Å². The van der Waals surface area contributed by atoms with Crippen LogP contribution in [-0.4, -0.2) is 15.0 Å². The van der Waals surface area contributed by atoms with Gasteiger partial charge in [0.1, 0.15) is 11.6 Å². The Kier molecular flexibility index (Phi) is 1.89. The Morgan fingerprint density at radius 3 is 2.88 bits per heavy atom. The van der Waals surface area contributed by atoms with Crippen LogP contribution in [0.1, 0.15) is 5.82 Å². The number of aromatic nitrogens is 3. The normalized spacial score (nSPS) is 11.1. The van der Waals surface area contributed by atoms with Gasteiger partial charge in [-0.25, -0.2) is 9.97 Å². The van der Waals surface area contributed by atoms with Crippen LogP contribution in [0, 0.1) is 6.92 Å². The standard InChI is InChI=1S/C12H10N4O/c1-6-15-9-3-2-8-7(4-5-14-11(8)13)10(9)12(17)16-6/h2-5H,1H3,(H2,13,14)(H,15,16,17). The van der Waals surface area contributed by atoms with Crippen molar-refractivity contribution in [2.24, 2.45) is 0 Å². The third-order valence-electron chi connectivity index (χ3n) is 2.76. The van der Waals surface area contributed by atoms with Crippen LogP contribution in [0.5, 0.6) is 0 Å². The third-order valence-corrected chi connectivity index (χ3v) is 2.76. The minimum atomic E-state index is -0.149. The number of nitrogens with two attached hydrogens (primary N) is 1. The number of aryl methyl sites for hydroxylation is 1. The van der Waals surface area contributed by atoms with Gasteiger partial charge in [-0.15, -0.1) is 0 Å². The maximum absolute atomic E-state index is 12.0. The van der Waals surface area contributed by atoms with Gasteiger partial charge in [-0.2, -0.15) is 0 Å². The quantitative estimate of drug-likeness (QED) is 0.567. The second-order valence-corrected chi connectivity index (χ2v) is 3.90. The van der Waals surface area contributed by atoms with Crippen LogP contribution < -0.4 is 11.3 Å². The van der Waals surface area contributed by atoms with Crippen molar-refractivity contribution in [3.05, 3.63) is 40.6 Å². The van der Waals surface area contributed by atoms with Crippen LogP contribution in [0.2, 0.25) is 0 Å². The number of nitrogen functional groups attached to an aromatic ring is 1. The molecule has 5 nitrogen and oxygen atoms in total. The number of rotatable bonds is 0. The molecule has 84 valence electrons. The molecule has 3 N–H and O–H groups in total. The van der Waals surface area contributed by atoms with E-state index in [1.807, 2.05) is 6.07 Å². The van der Waals surface area contributed by atoms with Gasteiger partial charge in [0.25, 0.3) is 5.56 Å². The minimum Gasteiger partial charge on any atom is -0.383 e. The van der Waals surface area contributed by atoms with Gasteiger partial charge in [-0.3, -0.25) is 4.79 Å². The first-order valence-electron chi connectivity index (χ1n) is 5.20. The van der Waals surface area contributed by atoms with Crippen LogP contribution in [-0.2, 0) is 0 Å². The first-order chi connectivity index (χ1) is 8.16. The lowest BCUT2D eigenvalue weighted by Crippen LogP contribution is -2.10. The number of H-pyrrole nitrogens is 1. The van der Waals surface area contributed by atoms with E-state index in [-0.39, 0.29) is 5.56 Å². The molecular formula is C12H10N4O. The summed E-state index contributed by atoms with van der Waals surface area (Å²) in [7, 11) is 0. The highest BCUT2D eigenvalue weighted by molar-refractivity contribution is 6.08. The third kappa shape index (κ3) is 1.36. The smallest absolute Gasteiger partial charge is 0.259 e. The Balaban J connectivity index is 2.65. The monoisotopic (exact) mass is 226 g/mol. The summed E-state index contributed by atoms with van der Waals surface area (Å²) in [6, 6.07) is 5.41. The van der Waals surface area contributed by atoms with E-state index in [4.69, 9.17) is 5.73 Å². The molecule has 2 aromatic heterocycles. The van der Waals surface area contributed by atoms with Crippen molar-refractivity contribution >= 4 is 27.5 Å². The van der Waals surface area contributed by atoms with Crippen LogP contribution in [0.15, 0.2) is 29.2 Å². The van der Waals surface area contributed by atoms with Crippen molar-refractivity contribution in [3.63, 3.8) is 0 Å². The molecule has 0 amide bonds. The van der Waals surface area contributed by atoms with Crippen molar-refractivity contribution in [3.8, 4) is 0 Å². The van der Waals surface area contributed by atoms with E-state index in [0.29, 0.717) is 22.5 Å². The lowest BCUT2D eigenvalue weighted by molar-refractivity contribution is 1.06. The molecule has 0 radical (unpaired) electrons. The number of aromatic amines is 1. The van der Waals surface area contributed by atoms with Crippen molar-refractivity contribution in [1.29, 1.82) is 0 Å². The van der Waals surface area contributed by atoms with Gasteiger partial charge < -0.3 is 10.7 Å². The lowest BCUT2D eigenvalue weighted by atomic mass is 10.1. The van der Waals surface area contributed by atoms with Crippen molar-refractivity contribution in [2.75, 3.05) is 5.73 Å². The van der Waals surface area contributed by atoms with Gasteiger partial charge in [0.15, 0.2) is 0 Å². The molecule has 0 bridgehead atoms. The molecule has 0 aliphatic heterocycles. The molecule has 0 saturated heterocycles. The van der Waals surface area contributed by atoms with Gasteiger partial charge in [-0.05, 0) is 25.1 Å². The highest BCUT2D eigenvalue weighted by atomic mass is 16.1. The Morgan fingerprint density at radius 2 is 2.06 bits per heavy atom. The summed E-state index contributed by atoms with van der Waals surface area (Å²) in [5.74, 6) is 1.02. The van der Waals surface area contributed by atoms with E-state index < -0.39 is 0 Å². The number of nitrogens with zero attached hydrogens (tertiary/aromatic N) is 2. The average molecular weight is 226 g/mol. The Hall–Kier alpha value is -2.43. The predicted octanol–water partition coefficient (Wildman–Crippen LogP) is 1.36. The van der Waals surface area contributed by atoms with Crippen LogP contribution in [0.3, 0.4) is 0 Å². The lowest BCUT2D eigenvalue weighted by Gasteiger charge is -2.04. The number of hydrogen-bond donors (Lipinski definition) is 2. The van der Waals surface area contributed by atoms with Gasteiger partial charge in [0.05, 0.1) is 10.9 Å². The highest BCUT2D eigenvalue weighted by Gasteiger charge is 2.08. The number of nitrogens with one attached hydrogen (secondary N) is 1. The van der Waals surface area contributed by atoms with Gasteiger partial charge in [0, 0.05) is 17.0 Å². The number of pyridine rings is 1. The molecule has 0 spiro atoms. The SMILES string of the molecule is Cc1nc2ccc3c(N)nccc3c2c(=O)[nH]1. The maximum Gasteiger partial charge on any atom is 0.259 e. The first kappa shape index (κ1) is 9.77. The summed E-state index contributed by atoms with van der Waals surface area (Å²) in [6.07, 6.45) is 1.59. The molecule has 0 aliphatic carbocycles. The summed E-state index contributed by atoms with van der Waals surface area (Å²) in [4.78, 5) is 23.0. The second-order valence-electron chi connectivity index (χ2n) is 3.90. The summed E-state index contributed by atoms with van der Waals surface area (Å²) in [6.45, 7) is 1.76. The summed E-state index contributed by atoms with van der Waals surface area (Å²) < 4.78 is 0. The average Bonchev–Trinajstić information content (AvgIpc) is 2.28. The molecule has 1 aromatic carbocycles. The maximum atomic E-state index is 12.0. The molecule has 3 aromatic rings. The van der Waals surface area contributed by atoms with Crippen molar-refractivity contribution in [1.82, 2.24) is 15.0 Å². The number of benzene rings is 1. The summed E-state index contributed by atoms with van der Waals surface area (Å²) >= 11 is 0. The number of hydrogen-bond acceptors (Lipinski definition) is 4. The van der Waals surface area contributed by atoms with E-state index in [9.17, 15) is 4.79 Å². The molecule has 0 unspecified atom stereocenters. The van der Waals surface area contributed by atoms with E-state index >= 15 is 0 Å². The molecular weight excluding hydrogens is 216 g/mol. The van der Waals surface area contributed by atoms with E-state index in [1.165, 1.54) is 0 Å². The molecule has 5 heteroatoms. The molecule has 2 heterocycles. The fraction of sp³-hybridized carbons (Fsp3) is 0.0833. The van der Waals surface area contributed by atoms with Gasteiger partial charge in [0.2, 0.25) is 0 Å². The number of fused-ring (bicyclic) bond motifs is 3. The molecule has 0 saturated carbocycles. The fourth-order valence-electron chi connectivity index (χ4n) is 2.03. The summed E-state index contributed by atoms with van der Waals surface area (Å²) in [5, 5.41) is 2.11. The van der Waals surface area contributed by atoms with Gasteiger partial charge in [-0.1, -0.05) is 0 Å².